The van der Waals surface area contributed by atoms with Crippen LogP contribution in [0.2, 0.25) is 0 Å². The van der Waals surface area contributed by atoms with Gasteiger partial charge >= 0.3 is 0 Å². The molecule has 0 aliphatic carbocycles. The summed E-state index contributed by atoms with van der Waals surface area (Å²) in [7, 11) is 3.13. The number of carbonyl (C=O) groups excluding carboxylic acids is 1. The summed E-state index contributed by atoms with van der Waals surface area (Å²) < 4.78 is 13.2. The summed E-state index contributed by atoms with van der Waals surface area (Å²) in [6, 6.07) is 3.69. The Morgan fingerprint density at radius 1 is 1.39 bits per heavy atom. The summed E-state index contributed by atoms with van der Waals surface area (Å²) in [5, 5.41) is 0. The molecule has 0 aliphatic rings. The number of hydrogen-bond acceptors (Lipinski definition) is 6. The van der Waals surface area contributed by atoms with Crippen LogP contribution in [0.4, 0.5) is 0 Å². The van der Waals surface area contributed by atoms with E-state index in [1.165, 1.54) is 11.3 Å². The topological polar surface area (TPSA) is 65.7 Å². The van der Waals surface area contributed by atoms with Crippen molar-refractivity contribution in [2.24, 2.45) is 0 Å². The van der Waals surface area contributed by atoms with Crippen molar-refractivity contribution in [1.29, 1.82) is 0 Å². The van der Waals surface area contributed by atoms with Gasteiger partial charge in [0.1, 0.15) is 16.9 Å². The summed E-state index contributed by atoms with van der Waals surface area (Å²) in [5.41, 5.74) is 1.35. The highest BCUT2D eigenvalue weighted by Gasteiger charge is 2.39. The zero-order valence-corrected chi connectivity index (χ0v) is 14.0. The van der Waals surface area contributed by atoms with Crippen molar-refractivity contribution < 1.29 is 14.3 Å². The highest BCUT2D eigenvalue weighted by Crippen LogP contribution is 2.37. The molecule has 23 heavy (non-hydrogen) atoms. The van der Waals surface area contributed by atoms with E-state index < -0.39 is 5.79 Å². The average Bonchev–Trinajstić information content (AvgIpc) is 3.18. The molecule has 120 valence electrons. The van der Waals surface area contributed by atoms with E-state index in [9.17, 15) is 4.79 Å². The maximum atomic E-state index is 12.0. The SMILES string of the molecule is CCC(=O)c1cn2cnc(C(OC)(OC)c3cccnc3)c2s1. The normalized spacial score (nSPS) is 12.0. The molecule has 0 fully saturated rings. The Morgan fingerprint density at radius 3 is 2.78 bits per heavy atom. The third-order valence-electron chi connectivity index (χ3n) is 3.74. The van der Waals surface area contributed by atoms with Crippen LogP contribution in [0.3, 0.4) is 0 Å². The number of aromatic nitrogens is 3. The predicted octanol–water partition coefficient (Wildman–Crippen LogP) is 2.88. The smallest absolute Gasteiger partial charge is 0.243 e. The number of ketones is 1. The van der Waals surface area contributed by atoms with Gasteiger partial charge in [0.05, 0.1) is 4.88 Å². The van der Waals surface area contributed by atoms with Crippen LogP contribution in [0.5, 0.6) is 0 Å². The lowest BCUT2D eigenvalue weighted by Crippen LogP contribution is -2.33. The lowest BCUT2D eigenvalue weighted by molar-refractivity contribution is -0.185. The molecule has 3 heterocycles. The van der Waals surface area contributed by atoms with Crippen molar-refractivity contribution in [2.75, 3.05) is 14.2 Å². The van der Waals surface area contributed by atoms with E-state index in [1.807, 2.05) is 23.5 Å². The second-order valence-corrected chi connectivity index (χ2v) is 5.97. The monoisotopic (exact) mass is 331 g/mol. The Kier molecular flexibility index (Phi) is 4.25. The summed E-state index contributed by atoms with van der Waals surface area (Å²) in [5.74, 6) is -1.06. The maximum Gasteiger partial charge on any atom is 0.243 e. The number of thiazole rings is 1. The first-order chi connectivity index (χ1) is 11.2. The zero-order chi connectivity index (χ0) is 16.4. The van der Waals surface area contributed by atoms with Gasteiger partial charge < -0.3 is 9.47 Å². The summed E-state index contributed by atoms with van der Waals surface area (Å²) in [6.45, 7) is 1.85. The summed E-state index contributed by atoms with van der Waals surface area (Å²) in [6.07, 6.45) is 7.29. The van der Waals surface area contributed by atoms with Gasteiger partial charge in [-0.15, -0.1) is 11.3 Å². The van der Waals surface area contributed by atoms with Gasteiger partial charge in [0.2, 0.25) is 5.79 Å². The fraction of sp³-hybridized carbons (Fsp3) is 0.312. The molecule has 0 aromatic carbocycles. The fourth-order valence-electron chi connectivity index (χ4n) is 2.54. The molecule has 0 amide bonds. The number of rotatable bonds is 6. The first kappa shape index (κ1) is 15.8. The number of nitrogens with zero attached hydrogens (tertiary/aromatic N) is 3. The van der Waals surface area contributed by atoms with E-state index in [-0.39, 0.29) is 5.78 Å². The van der Waals surface area contributed by atoms with E-state index in [1.54, 1.807) is 39.1 Å². The minimum absolute atomic E-state index is 0.103. The molecule has 3 aromatic heterocycles. The Bertz CT molecular complexity index is 822. The molecule has 6 nitrogen and oxygen atoms in total. The first-order valence-electron chi connectivity index (χ1n) is 7.17. The lowest BCUT2D eigenvalue weighted by Gasteiger charge is -2.29. The molecule has 3 rings (SSSR count). The number of fused-ring (bicyclic) bond motifs is 1. The standard InChI is InChI=1S/C16H17N3O3S/c1-4-12(20)13-9-19-10-18-14(15(19)23-13)16(21-2,22-3)11-6-5-7-17-8-11/h5-10H,4H2,1-3H3. The van der Waals surface area contributed by atoms with Crippen molar-refractivity contribution in [3.05, 3.63) is 53.2 Å². The van der Waals surface area contributed by atoms with Gasteiger partial charge in [-0.1, -0.05) is 13.0 Å². The van der Waals surface area contributed by atoms with Crippen LogP contribution in [0.15, 0.2) is 37.1 Å². The van der Waals surface area contributed by atoms with Gasteiger partial charge in [0.15, 0.2) is 5.78 Å². The molecular weight excluding hydrogens is 314 g/mol. The Balaban J connectivity index is 2.19. The van der Waals surface area contributed by atoms with E-state index >= 15 is 0 Å². The van der Waals surface area contributed by atoms with Crippen LogP contribution < -0.4 is 0 Å². The minimum Gasteiger partial charge on any atom is -0.344 e. The number of hydrogen-bond donors (Lipinski definition) is 0. The van der Waals surface area contributed by atoms with Crippen LogP contribution in [0.25, 0.3) is 4.83 Å². The Hall–Kier alpha value is -2.09. The van der Waals surface area contributed by atoms with Crippen molar-refractivity contribution in [2.45, 2.75) is 19.1 Å². The fourth-order valence-corrected chi connectivity index (χ4v) is 3.66. The Morgan fingerprint density at radius 2 is 2.17 bits per heavy atom. The van der Waals surface area contributed by atoms with Crippen LogP contribution in [0, 0.1) is 0 Å². The van der Waals surface area contributed by atoms with Gasteiger partial charge in [-0.2, -0.15) is 0 Å². The van der Waals surface area contributed by atoms with Crippen LogP contribution in [-0.4, -0.2) is 34.4 Å². The highest BCUT2D eigenvalue weighted by molar-refractivity contribution is 7.19. The minimum atomic E-state index is -1.17. The number of imidazole rings is 1. The number of Topliss-reactive ketones (excluding diaryl/α,β-unsaturated/α-hetero) is 1. The zero-order valence-electron chi connectivity index (χ0n) is 13.1. The molecular formula is C16H17N3O3S. The highest BCUT2D eigenvalue weighted by atomic mass is 32.1. The van der Waals surface area contributed by atoms with Crippen molar-refractivity contribution in [3.8, 4) is 0 Å². The lowest BCUT2D eigenvalue weighted by atomic mass is 10.1. The molecule has 0 N–H and O–H groups in total. The molecule has 7 heteroatoms. The largest absolute Gasteiger partial charge is 0.344 e. The average molecular weight is 331 g/mol. The third-order valence-corrected chi connectivity index (χ3v) is 4.89. The second-order valence-electron chi connectivity index (χ2n) is 4.94. The van der Waals surface area contributed by atoms with E-state index in [0.29, 0.717) is 17.0 Å². The molecule has 0 saturated carbocycles. The van der Waals surface area contributed by atoms with Gasteiger partial charge in [0, 0.05) is 44.8 Å². The van der Waals surface area contributed by atoms with Crippen LogP contribution in [-0.2, 0) is 15.3 Å². The quantitative estimate of drug-likeness (QED) is 0.513. The molecule has 0 aliphatic heterocycles. The predicted molar refractivity (Wildman–Crippen MR) is 86.7 cm³/mol. The van der Waals surface area contributed by atoms with E-state index in [2.05, 4.69) is 9.97 Å². The maximum absolute atomic E-state index is 12.0. The van der Waals surface area contributed by atoms with Gasteiger partial charge in [-0.25, -0.2) is 4.98 Å². The summed E-state index contributed by atoms with van der Waals surface area (Å²) >= 11 is 1.39. The van der Waals surface area contributed by atoms with Crippen molar-refractivity contribution in [3.63, 3.8) is 0 Å². The van der Waals surface area contributed by atoms with Gasteiger partial charge in [-0.05, 0) is 6.07 Å². The van der Waals surface area contributed by atoms with Gasteiger partial charge in [0.25, 0.3) is 0 Å². The van der Waals surface area contributed by atoms with Gasteiger partial charge in [-0.3, -0.25) is 14.2 Å². The van der Waals surface area contributed by atoms with E-state index in [0.717, 1.165) is 10.4 Å². The molecule has 0 unspecified atom stereocenters. The van der Waals surface area contributed by atoms with Crippen LogP contribution in [0.1, 0.15) is 34.3 Å². The van der Waals surface area contributed by atoms with Crippen molar-refractivity contribution in [1.82, 2.24) is 14.4 Å². The number of carbonyl (C=O) groups is 1. The molecule has 0 radical (unpaired) electrons. The second kappa shape index (κ2) is 6.19. The summed E-state index contributed by atoms with van der Waals surface area (Å²) in [4.78, 5) is 22.1. The Labute approximate surface area is 137 Å². The number of ether oxygens (including phenoxy) is 2. The van der Waals surface area contributed by atoms with E-state index in [4.69, 9.17) is 9.47 Å². The molecule has 0 spiro atoms. The van der Waals surface area contributed by atoms with Crippen molar-refractivity contribution >= 4 is 22.0 Å². The first-order valence-corrected chi connectivity index (χ1v) is 7.99. The molecule has 0 bridgehead atoms. The molecule has 0 saturated heterocycles. The van der Waals surface area contributed by atoms with Crippen LogP contribution >= 0.6 is 11.3 Å². The number of pyridine rings is 1. The molecule has 0 atom stereocenters. The molecule has 3 aromatic rings. The number of methoxy groups -OCH3 is 2. The third kappa shape index (κ3) is 2.46.